The maximum atomic E-state index is 4.11. The Bertz CT molecular complexity index is 286. The molecule has 0 aliphatic heterocycles. The molecule has 0 saturated carbocycles. The van der Waals surface area contributed by atoms with Crippen LogP contribution in [-0.2, 0) is 0 Å². The fraction of sp³-hybridized carbons (Fsp3) is 0.333. The topological polar surface area (TPSA) is 25.8 Å². The Morgan fingerprint density at radius 3 is 2.50 bits per heavy atom. The molecule has 2 heteroatoms. The number of allylic oxidation sites excluding steroid dienone is 3. The van der Waals surface area contributed by atoms with Gasteiger partial charge in [-0.15, -0.1) is 0 Å². The van der Waals surface area contributed by atoms with E-state index in [1.54, 1.807) is 18.6 Å². The molecule has 0 fully saturated rings. The number of aromatic nitrogens is 2. The van der Waals surface area contributed by atoms with Crippen LogP contribution in [-0.4, -0.2) is 9.97 Å². The molecule has 0 spiro atoms. The van der Waals surface area contributed by atoms with Crippen LogP contribution in [0.2, 0.25) is 0 Å². The largest absolute Gasteiger partial charge is 0.261 e. The van der Waals surface area contributed by atoms with Gasteiger partial charge in [0, 0.05) is 12.4 Å². The molecule has 1 aromatic heterocycles. The molecular weight excluding hydrogens is 172 g/mol. The van der Waals surface area contributed by atoms with E-state index >= 15 is 0 Å². The highest BCUT2D eigenvalue weighted by atomic mass is 14.7. The highest BCUT2D eigenvalue weighted by Crippen LogP contribution is 1.99. The van der Waals surface area contributed by atoms with Gasteiger partial charge in [-0.3, -0.25) is 9.97 Å². The van der Waals surface area contributed by atoms with Crippen molar-refractivity contribution in [3.8, 4) is 0 Å². The zero-order valence-corrected chi connectivity index (χ0v) is 9.36. The summed E-state index contributed by atoms with van der Waals surface area (Å²) in [6.07, 6.45) is 11.1. The molecule has 14 heavy (non-hydrogen) atoms. The molecule has 0 amide bonds. The van der Waals surface area contributed by atoms with E-state index in [0.29, 0.717) is 0 Å². The predicted octanol–water partition coefficient (Wildman–Crippen LogP) is 3.48. The minimum absolute atomic E-state index is 0.888. The molecule has 76 valence electrons. The van der Waals surface area contributed by atoms with Crippen LogP contribution in [0.5, 0.6) is 0 Å². The highest BCUT2D eigenvalue weighted by Gasteiger charge is 1.84. The maximum Gasteiger partial charge on any atom is 0.0813 e. The Kier molecular flexibility index (Phi) is 7.33. The van der Waals surface area contributed by atoms with Crippen LogP contribution in [0.3, 0.4) is 0 Å². The Morgan fingerprint density at radius 1 is 1.29 bits per heavy atom. The molecule has 0 N–H and O–H groups in total. The van der Waals surface area contributed by atoms with Crippen LogP contribution in [0, 0.1) is 0 Å². The van der Waals surface area contributed by atoms with Crippen LogP contribution < -0.4 is 0 Å². The molecule has 0 bridgehead atoms. The molecule has 2 nitrogen and oxygen atoms in total. The average Bonchev–Trinajstić information content (AvgIpc) is 2.30. The van der Waals surface area contributed by atoms with Crippen LogP contribution in [0.15, 0.2) is 36.3 Å². The lowest BCUT2D eigenvalue weighted by Crippen LogP contribution is -1.79. The second-order valence-corrected chi connectivity index (χ2v) is 2.50. The molecule has 0 saturated heterocycles. The Labute approximate surface area is 86.4 Å². The minimum atomic E-state index is 0.888. The summed E-state index contributed by atoms with van der Waals surface area (Å²) in [5.41, 5.74) is 2.11. The summed E-state index contributed by atoms with van der Waals surface area (Å²) in [5.74, 6) is 0. The van der Waals surface area contributed by atoms with E-state index in [2.05, 4.69) is 9.97 Å². The van der Waals surface area contributed by atoms with Gasteiger partial charge in [-0.2, -0.15) is 0 Å². The summed E-state index contributed by atoms with van der Waals surface area (Å²) in [5, 5.41) is 0. The zero-order chi connectivity index (χ0) is 10.8. The van der Waals surface area contributed by atoms with E-state index in [-0.39, 0.29) is 0 Å². The summed E-state index contributed by atoms with van der Waals surface area (Å²) >= 11 is 0. The van der Waals surface area contributed by atoms with Crippen molar-refractivity contribution in [2.24, 2.45) is 0 Å². The van der Waals surface area contributed by atoms with E-state index in [0.717, 1.165) is 5.69 Å². The van der Waals surface area contributed by atoms with Crippen LogP contribution in [0.1, 0.15) is 33.4 Å². The van der Waals surface area contributed by atoms with Crippen molar-refractivity contribution >= 4 is 6.08 Å². The first-order valence-corrected chi connectivity index (χ1v) is 4.90. The normalized spacial score (nSPS) is 11.0. The number of rotatable bonds is 2. The SMILES string of the molecule is C/C=C(C)\C=C/c1cnccn1.CC. The third-order valence-corrected chi connectivity index (χ3v) is 1.56. The van der Waals surface area contributed by atoms with Gasteiger partial charge < -0.3 is 0 Å². The Hall–Kier alpha value is -1.44. The summed E-state index contributed by atoms with van der Waals surface area (Å²) in [6.45, 7) is 8.06. The molecule has 1 rings (SSSR count). The number of hydrogen-bond acceptors (Lipinski definition) is 2. The summed E-state index contributed by atoms with van der Waals surface area (Å²) < 4.78 is 0. The smallest absolute Gasteiger partial charge is 0.0813 e. The second kappa shape index (κ2) is 8.17. The maximum absolute atomic E-state index is 4.11. The van der Waals surface area contributed by atoms with E-state index in [9.17, 15) is 0 Å². The summed E-state index contributed by atoms with van der Waals surface area (Å²) in [4.78, 5) is 8.06. The summed E-state index contributed by atoms with van der Waals surface area (Å²) in [6, 6.07) is 0. The first-order valence-electron chi connectivity index (χ1n) is 4.90. The lowest BCUT2D eigenvalue weighted by molar-refractivity contribution is 1.18. The molecule has 0 aromatic carbocycles. The van der Waals surface area contributed by atoms with Crippen molar-refractivity contribution in [2.75, 3.05) is 0 Å². The molecule has 0 unspecified atom stereocenters. The average molecular weight is 190 g/mol. The first kappa shape index (κ1) is 12.6. The lowest BCUT2D eigenvalue weighted by Gasteiger charge is -1.90. The Balaban J connectivity index is 0.000000791. The van der Waals surface area contributed by atoms with Gasteiger partial charge in [0.15, 0.2) is 0 Å². The van der Waals surface area contributed by atoms with Crippen molar-refractivity contribution in [3.63, 3.8) is 0 Å². The highest BCUT2D eigenvalue weighted by molar-refractivity contribution is 5.47. The van der Waals surface area contributed by atoms with Crippen LogP contribution >= 0.6 is 0 Å². The van der Waals surface area contributed by atoms with Gasteiger partial charge in [0.1, 0.15) is 0 Å². The monoisotopic (exact) mass is 190 g/mol. The molecule has 0 aliphatic rings. The lowest BCUT2D eigenvalue weighted by atomic mass is 10.2. The van der Waals surface area contributed by atoms with Crippen LogP contribution in [0.4, 0.5) is 0 Å². The molecule has 0 aliphatic carbocycles. The minimum Gasteiger partial charge on any atom is -0.261 e. The van der Waals surface area contributed by atoms with Gasteiger partial charge in [0.25, 0.3) is 0 Å². The van der Waals surface area contributed by atoms with Gasteiger partial charge in [0.05, 0.1) is 11.9 Å². The van der Waals surface area contributed by atoms with Gasteiger partial charge in [-0.1, -0.05) is 31.6 Å². The predicted molar refractivity (Wildman–Crippen MR) is 61.8 cm³/mol. The van der Waals surface area contributed by atoms with Gasteiger partial charge in [-0.25, -0.2) is 0 Å². The van der Waals surface area contributed by atoms with Crippen molar-refractivity contribution in [2.45, 2.75) is 27.7 Å². The number of hydrogen-bond donors (Lipinski definition) is 0. The molecule has 0 radical (unpaired) electrons. The van der Waals surface area contributed by atoms with E-state index in [1.165, 1.54) is 5.57 Å². The first-order chi connectivity index (χ1) is 6.83. The van der Waals surface area contributed by atoms with E-state index in [1.807, 2.05) is 45.9 Å². The van der Waals surface area contributed by atoms with Crippen molar-refractivity contribution in [1.29, 1.82) is 0 Å². The zero-order valence-electron chi connectivity index (χ0n) is 9.36. The molecule has 0 atom stereocenters. The van der Waals surface area contributed by atoms with Gasteiger partial charge in [0.2, 0.25) is 0 Å². The number of nitrogens with zero attached hydrogens (tertiary/aromatic N) is 2. The fourth-order valence-electron chi connectivity index (χ4n) is 0.710. The molecule has 1 heterocycles. The van der Waals surface area contributed by atoms with E-state index < -0.39 is 0 Å². The van der Waals surface area contributed by atoms with Crippen molar-refractivity contribution < 1.29 is 0 Å². The van der Waals surface area contributed by atoms with Crippen molar-refractivity contribution in [3.05, 3.63) is 42.0 Å². The standard InChI is InChI=1S/C10H12N2.C2H6/c1-3-9(2)4-5-10-8-11-6-7-12-10;1-2/h3-8H,1-2H3;1-2H3/b5-4-,9-3-;. The quantitative estimate of drug-likeness (QED) is 0.667. The Morgan fingerprint density at radius 2 is 2.00 bits per heavy atom. The summed E-state index contributed by atoms with van der Waals surface area (Å²) in [7, 11) is 0. The third-order valence-electron chi connectivity index (χ3n) is 1.56. The van der Waals surface area contributed by atoms with Crippen molar-refractivity contribution in [1.82, 2.24) is 9.97 Å². The third kappa shape index (κ3) is 5.25. The van der Waals surface area contributed by atoms with Gasteiger partial charge >= 0.3 is 0 Å². The molecule has 1 aromatic rings. The van der Waals surface area contributed by atoms with E-state index in [4.69, 9.17) is 0 Å². The van der Waals surface area contributed by atoms with Gasteiger partial charge in [-0.05, 0) is 19.9 Å². The van der Waals surface area contributed by atoms with Crippen LogP contribution in [0.25, 0.3) is 6.08 Å². The molecular formula is C12H18N2. The fourth-order valence-corrected chi connectivity index (χ4v) is 0.710. The second-order valence-electron chi connectivity index (χ2n) is 2.50.